The van der Waals surface area contributed by atoms with E-state index in [2.05, 4.69) is 10.3 Å². The van der Waals surface area contributed by atoms with Crippen molar-refractivity contribution in [3.8, 4) is 0 Å². The van der Waals surface area contributed by atoms with Gasteiger partial charge in [0.25, 0.3) is 0 Å². The van der Waals surface area contributed by atoms with E-state index in [9.17, 15) is 22.8 Å². The molecule has 3 aliphatic rings. The molecule has 5 rings (SSSR count). The minimum Gasteiger partial charge on any atom is -0.360 e. The minimum atomic E-state index is -4.52. The van der Waals surface area contributed by atoms with Crippen molar-refractivity contribution in [3.05, 3.63) is 72.1 Å². The average molecular weight is 429 g/mol. The van der Waals surface area contributed by atoms with Gasteiger partial charge < -0.3 is 15.0 Å². The highest BCUT2D eigenvalue weighted by atomic mass is 19.4. The summed E-state index contributed by atoms with van der Waals surface area (Å²) in [6.07, 6.45) is 1.71. The summed E-state index contributed by atoms with van der Waals surface area (Å²) >= 11 is 0. The van der Waals surface area contributed by atoms with Crippen LogP contribution in [0, 0.1) is 11.8 Å². The Hall–Kier alpha value is -3.20. The molecule has 1 N–H and O–H groups in total. The van der Waals surface area contributed by atoms with Gasteiger partial charge in [0.2, 0.25) is 11.8 Å². The van der Waals surface area contributed by atoms with Crippen LogP contribution in [-0.4, -0.2) is 35.0 Å². The number of amides is 2. The molecule has 9 heteroatoms. The standard InChI is InChI=1S/C22H18F3N3O3/c23-22(24,25)14-2-1-3-15(10-14)28-12-21-7-4-16(31-21)17(18(21)20(28)30)19(29)27-11-13-5-8-26-9-6-13/h1-10,16-18H,11-12H2,(H,27,29)/t16-,17+,18+,21-/m1/s1. The summed E-state index contributed by atoms with van der Waals surface area (Å²) in [5, 5.41) is 2.84. The first-order valence-corrected chi connectivity index (χ1v) is 9.81. The predicted octanol–water partition coefficient (Wildman–Crippen LogP) is 2.70. The molecule has 1 aromatic heterocycles. The average Bonchev–Trinajstić information content (AvgIpc) is 3.40. The van der Waals surface area contributed by atoms with Gasteiger partial charge in [-0.25, -0.2) is 0 Å². The number of nitrogens with zero attached hydrogens (tertiary/aromatic N) is 2. The molecule has 31 heavy (non-hydrogen) atoms. The molecule has 0 aliphatic carbocycles. The van der Waals surface area contributed by atoms with Crippen molar-refractivity contribution in [1.29, 1.82) is 0 Å². The fraction of sp³-hybridized carbons (Fsp3) is 0.318. The first-order chi connectivity index (χ1) is 14.8. The second-order valence-electron chi connectivity index (χ2n) is 7.95. The van der Waals surface area contributed by atoms with Gasteiger partial charge in [0.05, 0.1) is 30.0 Å². The molecule has 2 aromatic rings. The van der Waals surface area contributed by atoms with Crippen LogP contribution in [0.25, 0.3) is 0 Å². The van der Waals surface area contributed by atoms with Crippen LogP contribution in [-0.2, 0) is 27.0 Å². The van der Waals surface area contributed by atoms with Gasteiger partial charge in [0, 0.05) is 24.6 Å². The number of carbonyl (C=O) groups excluding carboxylic acids is 2. The van der Waals surface area contributed by atoms with E-state index >= 15 is 0 Å². The second-order valence-corrected chi connectivity index (χ2v) is 7.95. The Kier molecular flexibility index (Phi) is 4.40. The summed E-state index contributed by atoms with van der Waals surface area (Å²) in [7, 11) is 0. The van der Waals surface area contributed by atoms with Crippen molar-refractivity contribution in [2.75, 3.05) is 11.4 Å². The van der Waals surface area contributed by atoms with E-state index in [-0.39, 0.29) is 24.7 Å². The highest BCUT2D eigenvalue weighted by Gasteiger charge is 2.67. The molecule has 160 valence electrons. The Morgan fingerprint density at radius 1 is 1.26 bits per heavy atom. The fourth-order valence-electron chi connectivity index (χ4n) is 4.67. The Morgan fingerprint density at radius 2 is 2.03 bits per heavy atom. The van der Waals surface area contributed by atoms with E-state index in [1.807, 2.05) is 0 Å². The number of pyridine rings is 1. The Labute approximate surface area is 175 Å². The van der Waals surface area contributed by atoms with Gasteiger partial charge in [-0.15, -0.1) is 0 Å². The Morgan fingerprint density at radius 3 is 2.77 bits per heavy atom. The van der Waals surface area contributed by atoms with E-state index in [0.717, 1.165) is 17.7 Å². The summed E-state index contributed by atoms with van der Waals surface area (Å²) < 4.78 is 45.4. The number of anilines is 1. The van der Waals surface area contributed by atoms with Crippen molar-refractivity contribution in [1.82, 2.24) is 10.3 Å². The Balaban J connectivity index is 1.39. The SMILES string of the molecule is O=C(NCc1ccncc1)[C@@H]1[C@H]2C(=O)N(c3cccc(C(F)(F)F)c3)C[C@]23C=C[C@H]1O3. The molecule has 1 aromatic carbocycles. The van der Waals surface area contributed by atoms with Gasteiger partial charge >= 0.3 is 6.18 Å². The lowest BCUT2D eigenvalue weighted by Gasteiger charge is -2.23. The number of aromatic nitrogens is 1. The topological polar surface area (TPSA) is 71.5 Å². The number of nitrogens with one attached hydrogen (secondary N) is 1. The van der Waals surface area contributed by atoms with E-state index < -0.39 is 41.2 Å². The lowest BCUT2D eigenvalue weighted by Crippen LogP contribution is -2.44. The van der Waals surface area contributed by atoms with Crippen LogP contribution in [0.2, 0.25) is 0 Å². The maximum Gasteiger partial charge on any atom is 0.416 e. The molecular weight excluding hydrogens is 411 g/mol. The third-order valence-electron chi connectivity index (χ3n) is 6.10. The number of benzene rings is 1. The van der Waals surface area contributed by atoms with E-state index in [4.69, 9.17) is 4.74 Å². The van der Waals surface area contributed by atoms with Crippen molar-refractivity contribution in [2.24, 2.45) is 11.8 Å². The Bertz CT molecular complexity index is 1070. The zero-order valence-corrected chi connectivity index (χ0v) is 16.2. The van der Waals surface area contributed by atoms with Crippen molar-refractivity contribution >= 4 is 17.5 Å². The van der Waals surface area contributed by atoms with E-state index in [1.165, 1.54) is 17.0 Å². The molecule has 2 fully saturated rings. The summed E-state index contributed by atoms with van der Waals surface area (Å²) in [6, 6.07) is 8.18. The van der Waals surface area contributed by atoms with Crippen LogP contribution in [0.4, 0.5) is 18.9 Å². The third-order valence-corrected chi connectivity index (χ3v) is 6.10. The van der Waals surface area contributed by atoms with Gasteiger partial charge in [0.1, 0.15) is 5.60 Å². The highest BCUT2D eigenvalue weighted by Crippen LogP contribution is 2.52. The van der Waals surface area contributed by atoms with Gasteiger partial charge in [-0.2, -0.15) is 13.2 Å². The van der Waals surface area contributed by atoms with Gasteiger partial charge in [-0.1, -0.05) is 18.2 Å². The predicted molar refractivity (Wildman–Crippen MR) is 104 cm³/mol. The van der Waals surface area contributed by atoms with Crippen LogP contribution >= 0.6 is 0 Å². The van der Waals surface area contributed by atoms with Crippen LogP contribution in [0.1, 0.15) is 11.1 Å². The molecule has 0 radical (unpaired) electrons. The minimum absolute atomic E-state index is 0.0684. The number of fused-ring (bicyclic) bond motifs is 1. The number of halogens is 3. The molecular formula is C22H18F3N3O3. The summed E-state index contributed by atoms with van der Waals surface area (Å²) in [5.41, 5.74) is -0.838. The number of hydrogen-bond donors (Lipinski definition) is 1. The lowest BCUT2D eigenvalue weighted by atomic mass is 9.77. The smallest absolute Gasteiger partial charge is 0.360 e. The maximum absolute atomic E-state index is 13.3. The van der Waals surface area contributed by atoms with Crippen molar-refractivity contribution < 1.29 is 27.5 Å². The first-order valence-electron chi connectivity index (χ1n) is 9.81. The second kappa shape index (κ2) is 6.91. The number of alkyl halides is 3. The highest BCUT2D eigenvalue weighted by molar-refractivity contribution is 6.03. The quantitative estimate of drug-likeness (QED) is 0.759. The lowest BCUT2D eigenvalue weighted by molar-refractivity contribution is -0.137. The van der Waals surface area contributed by atoms with Crippen LogP contribution in [0.5, 0.6) is 0 Å². The molecule has 0 unspecified atom stereocenters. The molecule has 6 nitrogen and oxygen atoms in total. The van der Waals surface area contributed by atoms with Gasteiger partial charge in [0.15, 0.2) is 0 Å². The molecule has 1 spiro atoms. The number of ether oxygens (including phenoxy) is 1. The fourth-order valence-corrected chi connectivity index (χ4v) is 4.67. The van der Waals surface area contributed by atoms with Crippen molar-refractivity contribution in [2.45, 2.75) is 24.4 Å². The number of hydrogen-bond acceptors (Lipinski definition) is 4. The molecule has 4 atom stereocenters. The van der Waals surface area contributed by atoms with E-state index in [1.54, 1.807) is 36.7 Å². The first kappa shape index (κ1) is 19.7. The number of carbonyl (C=O) groups is 2. The van der Waals surface area contributed by atoms with Gasteiger partial charge in [-0.3, -0.25) is 14.6 Å². The number of rotatable bonds is 4. The van der Waals surface area contributed by atoms with Crippen molar-refractivity contribution in [3.63, 3.8) is 0 Å². The van der Waals surface area contributed by atoms with Crippen LogP contribution in [0.3, 0.4) is 0 Å². The molecule has 0 saturated carbocycles. The maximum atomic E-state index is 13.3. The normalized spacial score (nSPS) is 28.8. The molecule has 4 heterocycles. The molecule has 3 aliphatic heterocycles. The monoisotopic (exact) mass is 429 g/mol. The summed E-state index contributed by atoms with van der Waals surface area (Å²) in [4.78, 5) is 31.4. The molecule has 2 amide bonds. The van der Waals surface area contributed by atoms with Crippen LogP contribution < -0.4 is 10.2 Å². The molecule has 2 bridgehead atoms. The van der Waals surface area contributed by atoms with Crippen LogP contribution in [0.15, 0.2) is 60.9 Å². The summed E-state index contributed by atoms with van der Waals surface area (Å²) in [6.45, 7) is 0.346. The van der Waals surface area contributed by atoms with E-state index in [0.29, 0.717) is 0 Å². The summed E-state index contributed by atoms with van der Waals surface area (Å²) in [5.74, 6) is -2.25. The largest absolute Gasteiger partial charge is 0.416 e. The van der Waals surface area contributed by atoms with Gasteiger partial charge in [-0.05, 0) is 35.9 Å². The zero-order valence-electron chi connectivity index (χ0n) is 16.2. The third kappa shape index (κ3) is 3.20. The molecule has 2 saturated heterocycles. The zero-order chi connectivity index (χ0) is 21.8.